The van der Waals surface area contributed by atoms with Crippen LogP contribution in [0.5, 0.6) is 0 Å². The molecule has 80 valence electrons. The summed E-state index contributed by atoms with van der Waals surface area (Å²) in [6.07, 6.45) is 6.89. The Kier molecular flexibility index (Phi) is 5.12. The highest BCUT2D eigenvalue weighted by molar-refractivity contribution is 7.99. The van der Waals surface area contributed by atoms with Gasteiger partial charge < -0.3 is 9.73 Å². The lowest BCUT2D eigenvalue weighted by Crippen LogP contribution is -2.21. The zero-order valence-corrected chi connectivity index (χ0v) is 9.93. The summed E-state index contributed by atoms with van der Waals surface area (Å²) >= 11 is 1.92. The SMILES string of the molecule is CSC(C)CCNC(C)c1ccoc1. The smallest absolute Gasteiger partial charge is 0.0950 e. The Balaban J connectivity index is 2.19. The highest BCUT2D eigenvalue weighted by atomic mass is 32.2. The molecule has 2 atom stereocenters. The van der Waals surface area contributed by atoms with E-state index in [4.69, 9.17) is 4.42 Å². The van der Waals surface area contributed by atoms with Crippen LogP contribution in [0.4, 0.5) is 0 Å². The number of rotatable bonds is 6. The van der Waals surface area contributed by atoms with Crippen molar-refractivity contribution in [1.82, 2.24) is 5.32 Å². The van der Waals surface area contributed by atoms with Crippen LogP contribution < -0.4 is 5.32 Å². The molecular weight excluding hydrogens is 194 g/mol. The van der Waals surface area contributed by atoms with E-state index in [2.05, 4.69) is 25.4 Å². The number of thioether (sulfide) groups is 1. The fraction of sp³-hybridized carbons (Fsp3) is 0.636. The average molecular weight is 213 g/mol. The Morgan fingerprint density at radius 2 is 2.29 bits per heavy atom. The van der Waals surface area contributed by atoms with Crippen molar-refractivity contribution in [3.63, 3.8) is 0 Å². The Labute approximate surface area is 90.5 Å². The summed E-state index contributed by atoms with van der Waals surface area (Å²) in [5.41, 5.74) is 1.22. The largest absolute Gasteiger partial charge is 0.472 e. The molecule has 1 aromatic rings. The van der Waals surface area contributed by atoms with Gasteiger partial charge in [-0.2, -0.15) is 11.8 Å². The van der Waals surface area contributed by atoms with Crippen LogP contribution >= 0.6 is 11.8 Å². The molecule has 0 saturated heterocycles. The van der Waals surface area contributed by atoms with Crippen molar-refractivity contribution in [2.24, 2.45) is 0 Å². The Morgan fingerprint density at radius 3 is 2.86 bits per heavy atom. The molecule has 0 fully saturated rings. The fourth-order valence-corrected chi connectivity index (χ4v) is 1.61. The third kappa shape index (κ3) is 3.76. The van der Waals surface area contributed by atoms with E-state index in [-0.39, 0.29) is 0 Å². The van der Waals surface area contributed by atoms with Crippen molar-refractivity contribution < 1.29 is 4.42 Å². The van der Waals surface area contributed by atoms with E-state index in [1.54, 1.807) is 12.5 Å². The maximum absolute atomic E-state index is 5.04. The van der Waals surface area contributed by atoms with Crippen molar-refractivity contribution in [2.45, 2.75) is 31.6 Å². The molecule has 0 amide bonds. The molecular formula is C11H19NOS. The molecule has 1 aromatic heterocycles. The minimum absolute atomic E-state index is 0.391. The summed E-state index contributed by atoms with van der Waals surface area (Å²) in [5.74, 6) is 0. The minimum atomic E-state index is 0.391. The molecule has 1 N–H and O–H groups in total. The second-order valence-electron chi connectivity index (χ2n) is 3.57. The third-order valence-electron chi connectivity index (χ3n) is 2.45. The van der Waals surface area contributed by atoms with E-state index in [1.165, 1.54) is 12.0 Å². The van der Waals surface area contributed by atoms with Crippen molar-refractivity contribution in [3.05, 3.63) is 24.2 Å². The van der Waals surface area contributed by atoms with Gasteiger partial charge in [-0.3, -0.25) is 0 Å². The number of hydrogen-bond acceptors (Lipinski definition) is 3. The van der Waals surface area contributed by atoms with Crippen molar-refractivity contribution >= 4 is 11.8 Å². The van der Waals surface area contributed by atoms with E-state index < -0.39 is 0 Å². The summed E-state index contributed by atoms with van der Waals surface area (Å²) < 4.78 is 5.04. The van der Waals surface area contributed by atoms with Crippen LogP contribution in [-0.2, 0) is 0 Å². The predicted molar refractivity (Wildman–Crippen MR) is 62.7 cm³/mol. The Morgan fingerprint density at radius 1 is 1.50 bits per heavy atom. The van der Waals surface area contributed by atoms with Gasteiger partial charge in [-0.1, -0.05) is 6.92 Å². The lowest BCUT2D eigenvalue weighted by Gasteiger charge is -2.13. The van der Waals surface area contributed by atoms with Crippen LogP contribution in [0, 0.1) is 0 Å². The summed E-state index contributed by atoms with van der Waals surface area (Å²) in [6.45, 7) is 5.48. The van der Waals surface area contributed by atoms with E-state index >= 15 is 0 Å². The van der Waals surface area contributed by atoms with E-state index in [1.807, 2.05) is 17.8 Å². The maximum atomic E-state index is 5.04. The number of nitrogens with one attached hydrogen (secondary N) is 1. The van der Waals surface area contributed by atoms with Gasteiger partial charge in [0, 0.05) is 16.9 Å². The Bertz CT molecular complexity index is 235. The first-order valence-corrected chi connectivity index (χ1v) is 6.31. The van der Waals surface area contributed by atoms with Gasteiger partial charge in [0.25, 0.3) is 0 Å². The first-order chi connectivity index (χ1) is 6.74. The standard InChI is InChI=1S/C11H19NOS/c1-9(14-3)4-6-12-10(2)11-5-7-13-8-11/h5,7-10,12H,4,6H2,1-3H3. The molecule has 0 saturated carbocycles. The summed E-state index contributed by atoms with van der Waals surface area (Å²) in [5, 5.41) is 4.21. The van der Waals surface area contributed by atoms with Crippen LogP contribution in [-0.4, -0.2) is 18.1 Å². The molecule has 0 aliphatic rings. The third-order valence-corrected chi connectivity index (χ3v) is 3.49. The van der Waals surface area contributed by atoms with Crippen LogP contribution in [0.3, 0.4) is 0 Å². The van der Waals surface area contributed by atoms with Crippen molar-refractivity contribution in [1.29, 1.82) is 0 Å². The molecule has 1 rings (SSSR count). The van der Waals surface area contributed by atoms with E-state index in [0.717, 1.165) is 11.8 Å². The molecule has 0 radical (unpaired) electrons. The van der Waals surface area contributed by atoms with Gasteiger partial charge in [0.1, 0.15) is 0 Å². The highest BCUT2D eigenvalue weighted by Crippen LogP contribution is 2.13. The van der Waals surface area contributed by atoms with Crippen LogP contribution in [0.1, 0.15) is 31.9 Å². The van der Waals surface area contributed by atoms with Crippen molar-refractivity contribution in [2.75, 3.05) is 12.8 Å². The van der Waals surface area contributed by atoms with Gasteiger partial charge in [-0.05, 0) is 32.2 Å². The molecule has 2 nitrogen and oxygen atoms in total. The van der Waals surface area contributed by atoms with Gasteiger partial charge >= 0.3 is 0 Å². The summed E-state index contributed by atoms with van der Waals surface area (Å²) in [6, 6.07) is 2.40. The fourth-order valence-electron chi connectivity index (χ4n) is 1.26. The molecule has 0 spiro atoms. The van der Waals surface area contributed by atoms with Gasteiger partial charge in [0.15, 0.2) is 0 Å². The number of hydrogen-bond donors (Lipinski definition) is 1. The van der Waals surface area contributed by atoms with Crippen LogP contribution in [0.2, 0.25) is 0 Å². The molecule has 1 heterocycles. The van der Waals surface area contributed by atoms with Gasteiger partial charge in [-0.15, -0.1) is 0 Å². The second kappa shape index (κ2) is 6.14. The van der Waals surface area contributed by atoms with Crippen LogP contribution in [0.15, 0.2) is 23.0 Å². The first-order valence-electron chi connectivity index (χ1n) is 5.02. The molecule has 0 aliphatic heterocycles. The predicted octanol–water partition coefficient (Wildman–Crippen LogP) is 3.07. The topological polar surface area (TPSA) is 25.2 Å². The first kappa shape index (κ1) is 11.7. The summed E-state index contributed by atoms with van der Waals surface area (Å²) in [7, 11) is 0. The van der Waals surface area contributed by atoms with Crippen LogP contribution in [0.25, 0.3) is 0 Å². The average Bonchev–Trinajstić information content (AvgIpc) is 2.70. The summed E-state index contributed by atoms with van der Waals surface area (Å²) in [4.78, 5) is 0. The maximum Gasteiger partial charge on any atom is 0.0950 e. The quantitative estimate of drug-likeness (QED) is 0.786. The lowest BCUT2D eigenvalue weighted by molar-refractivity contribution is 0.532. The monoisotopic (exact) mass is 213 g/mol. The highest BCUT2D eigenvalue weighted by Gasteiger charge is 2.06. The molecule has 0 aromatic carbocycles. The van der Waals surface area contributed by atoms with Crippen molar-refractivity contribution in [3.8, 4) is 0 Å². The minimum Gasteiger partial charge on any atom is -0.472 e. The van der Waals surface area contributed by atoms with Gasteiger partial charge in [0.05, 0.1) is 12.5 Å². The van der Waals surface area contributed by atoms with Gasteiger partial charge in [0.2, 0.25) is 0 Å². The van der Waals surface area contributed by atoms with E-state index in [9.17, 15) is 0 Å². The molecule has 14 heavy (non-hydrogen) atoms. The molecule has 3 heteroatoms. The normalized spacial score (nSPS) is 15.4. The molecule has 2 unspecified atom stereocenters. The lowest BCUT2D eigenvalue weighted by atomic mass is 10.2. The van der Waals surface area contributed by atoms with Gasteiger partial charge in [-0.25, -0.2) is 0 Å². The zero-order chi connectivity index (χ0) is 10.4. The van der Waals surface area contributed by atoms with E-state index in [0.29, 0.717) is 6.04 Å². The number of furan rings is 1. The molecule has 0 bridgehead atoms. The second-order valence-corrected chi connectivity index (χ2v) is 4.84. The molecule has 0 aliphatic carbocycles. The zero-order valence-electron chi connectivity index (χ0n) is 9.12. The Hall–Kier alpha value is -0.410.